The molecular formula is C17H26N2O3. The van der Waals surface area contributed by atoms with Crippen LogP contribution in [0.4, 0.5) is 0 Å². The smallest absolute Gasteiger partial charge is 0.307 e. The van der Waals surface area contributed by atoms with Crippen molar-refractivity contribution < 1.29 is 14.7 Å². The number of aliphatic carboxylic acids is 1. The van der Waals surface area contributed by atoms with Gasteiger partial charge in [0.1, 0.15) is 0 Å². The SMILES string of the molecule is CC(CN(C)CC(=O)NC(c1ccccc1)C(C)C)C(=O)O. The van der Waals surface area contributed by atoms with Crippen LogP contribution >= 0.6 is 0 Å². The number of hydrogen-bond acceptors (Lipinski definition) is 3. The number of carbonyl (C=O) groups excluding carboxylic acids is 1. The van der Waals surface area contributed by atoms with E-state index in [2.05, 4.69) is 19.2 Å². The van der Waals surface area contributed by atoms with Crippen molar-refractivity contribution in [3.05, 3.63) is 35.9 Å². The Hall–Kier alpha value is -1.88. The number of hydrogen-bond donors (Lipinski definition) is 2. The lowest BCUT2D eigenvalue weighted by molar-refractivity contribution is -0.142. The minimum absolute atomic E-state index is 0.0426. The zero-order valence-corrected chi connectivity index (χ0v) is 13.7. The van der Waals surface area contributed by atoms with Gasteiger partial charge in [-0.2, -0.15) is 0 Å². The van der Waals surface area contributed by atoms with Crippen LogP contribution in [0, 0.1) is 11.8 Å². The summed E-state index contributed by atoms with van der Waals surface area (Å²) in [4.78, 5) is 24.8. The third-order valence-corrected chi connectivity index (χ3v) is 3.56. The van der Waals surface area contributed by atoms with Gasteiger partial charge in [-0.05, 0) is 18.5 Å². The number of carboxylic acid groups (broad SMARTS) is 1. The molecule has 0 aromatic heterocycles. The largest absolute Gasteiger partial charge is 0.481 e. The second-order valence-corrected chi connectivity index (χ2v) is 6.14. The Balaban J connectivity index is 2.59. The molecule has 0 heterocycles. The maximum atomic E-state index is 12.2. The number of nitrogens with zero attached hydrogens (tertiary/aromatic N) is 1. The van der Waals surface area contributed by atoms with Crippen LogP contribution in [0.2, 0.25) is 0 Å². The van der Waals surface area contributed by atoms with E-state index in [1.807, 2.05) is 30.3 Å². The third kappa shape index (κ3) is 5.85. The quantitative estimate of drug-likeness (QED) is 0.772. The van der Waals surface area contributed by atoms with Gasteiger partial charge in [0.15, 0.2) is 0 Å². The highest BCUT2D eigenvalue weighted by atomic mass is 16.4. The van der Waals surface area contributed by atoms with Gasteiger partial charge in [-0.25, -0.2) is 0 Å². The van der Waals surface area contributed by atoms with E-state index in [9.17, 15) is 9.59 Å². The molecule has 0 aliphatic heterocycles. The van der Waals surface area contributed by atoms with Crippen LogP contribution in [0.1, 0.15) is 32.4 Å². The second-order valence-electron chi connectivity index (χ2n) is 6.14. The van der Waals surface area contributed by atoms with Gasteiger partial charge in [-0.1, -0.05) is 51.1 Å². The number of carboxylic acids is 1. The van der Waals surface area contributed by atoms with Gasteiger partial charge in [0.25, 0.3) is 0 Å². The first kappa shape index (κ1) is 18.2. The normalized spacial score (nSPS) is 13.9. The monoisotopic (exact) mass is 306 g/mol. The van der Waals surface area contributed by atoms with Gasteiger partial charge in [0, 0.05) is 6.54 Å². The number of benzene rings is 1. The van der Waals surface area contributed by atoms with Gasteiger partial charge in [0.2, 0.25) is 5.91 Å². The van der Waals surface area contributed by atoms with Crippen molar-refractivity contribution in [3.63, 3.8) is 0 Å². The Morgan fingerprint density at radius 3 is 2.27 bits per heavy atom. The van der Waals surface area contributed by atoms with Crippen LogP contribution in [0.3, 0.4) is 0 Å². The molecule has 2 N–H and O–H groups in total. The van der Waals surface area contributed by atoms with Crippen molar-refractivity contribution in [2.24, 2.45) is 11.8 Å². The highest BCUT2D eigenvalue weighted by molar-refractivity contribution is 5.78. The summed E-state index contributed by atoms with van der Waals surface area (Å²) in [5.41, 5.74) is 1.08. The molecule has 5 nitrogen and oxygen atoms in total. The van der Waals surface area contributed by atoms with Crippen molar-refractivity contribution in [1.29, 1.82) is 0 Å². The molecular weight excluding hydrogens is 280 g/mol. The van der Waals surface area contributed by atoms with Crippen molar-refractivity contribution in [1.82, 2.24) is 10.2 Å². The molecule has 0 aliphatic carbocycles. The first-order chi connectivity index (χ1) is 10.3. The molecule has 0 saturated heterocycles. The van der Waals surface area contributed by atoms with Gasteiger partial charge in [-0.3, -0.25) is 14.5 Å². The molecule has 1 aromatic rings. The summed E-state index contributed by atoms with van der Waals surface area (Å²) >= 11 is 0. The summed E-state index contributed by atoms with van der Waals surface area (Å²) in [6, 6.07) is 9.82. The van der Waals surface area contributed by atoms with Gasteiger partial charge < -0.3 is 10.4 Å². The predicted octanol–water partition coefficient (Wildman–Crippen LogP) is 2.15. The van der Waals surface area contributed by atoms with E-state index >= 15 is 0 Å². The molecule has 0 saturated carbocycles. The zero-order valence-electron chi connectivity index (χ0n) is 13.7. The Morgan fingerprint density at radius 2 is 1.77 bits per heavy atom. The number of likely N-dealkylation sites (N-methyl/N-ethyl adjacent to an activating group) is 1. The average molecular weight is 306 g/mol. The molecule has 0 fully saturated rings. The highest BCUT2D eigenvalue weighted by Crippen LogP contribution is 2.21. The summed E-state index contributed by atoms with van der Waals surface area (Å²) in [6.45, 7) is 6.30. The van der Waals surface area contributed by atoms with Gasteiger partial charge in [0.05, 0.1) is 18.5 Å². The third-order valence-electron chi connectivity index (χ3n) is 3.56. The minimum atomic E-state index is -0.850. The first-order valence-corrected chi connectivity index (χ1v) is 7.57. The fraction of sp³-hybridized carbons (Fsp3) is 0.529. The van der Waals surface area contributed by atoms with Crippen molar-refractivity contribution in [2.75, 3.05) is 20.1 Å². The lowest BCUT2D eigenvalue weighted by Crippen LogP contribution is -2.40. The maximum Gasteiger partial charge on any atom is 0.307 e. The zero-order chi connectivity index (χ0) is 16.7. The topological polar surface area (TPSA) is 69.6 Å². The van der Waals surface area contributed by atoms with Crippen LogP contribution in [0.25, 0.3) is 0 Å². The van der Waals surface area contributed by atoms with E-state index in [0.29, 0.717) is 6.54 Å². The van der Waals surface area contributed by atoms with Crippen LogP contribution < -0.4 is 5.32 Å². The fourth-order valence-corrected chi connectivity index (χ4v) is 2.37. The standard InChI is InChI=1S/C17H26N2O3/c1-12(2)16(14-8-6-5-7-9-14)18-15(20)11-19(4)10-13(3)17(21)22/h5-9,12-13,16H,10-11H2,1-4H3,(H,18,20)(H,21,22). The van der Waals surface area contributed by atoms with Crippen LogP contribution in [-0.2, 0) is 9.59 Å². The Bertz CT molecular complexity index is 488. The van der Waals surface area contributed by atoms with Gasteiger partial charge >= 0.3 is 5.97 Å². The van der Waals surface area contributed by atoms with E-state index in [4.69, 9.17) is 5.11 Å². The summed E-state index contributed by atoms with van der Waals surface area (Å²) in [5, 5.41) is 11.9. The lowest BCUT2D eigenvalue weighted by Gasteiger charge is -2.25. The molecule has 0 bridgehead atoms. The molecule has 1 rings (SSSR count). The molecule has 1 aromatic carbocycles. The van der Waals surface area contributed by atoms with Crippen molar-refractivity contribution >= 4 is 11.9 Å². The average Bonchev–Trinajstić information content (AvgIpc) is 2.45. The van der Waals surface area contributed by atoms with Crippen LogP contribution in [-0.4, -0.2) is 42.0 Å². The molecule has 0 radical (unpaired) electrons. The maximum absolute atomic E-state index is 12.2. The summed E-state index contributed by atoms with van der Waals surface area (Å²) < 4.78 is 0. The van der Waals surface area contributed by atoms with E-state index in [1.165, 1.54) is 0 Å². The molecule has 2 atom stereocenters. The highest BCUT2D eigenvalue weighted by Gasteiger charge is 2.20. The summed E-state index contributed by atoms with van der Waals surface area (Å²) in [6.07, 6.45) is 0. The molecule has 2 unspecified atom stereocenters. The van der Waals surface area contributed by atoms with Crippen LogP contribution in [0.5, 0.6) is 0 Å². The second kappa shape index (κ2) is 8.54. The fourth-order valence-electron chi connectivity index (χ4n) is 2.37. The summed E-state index contributed by atoms with van der Waals surface area (Å²) in [7, 11) is 1.76. The Labute approximate surface area is 132 Å². The number of nitrogens with one attached hydrogen (secondary N) is 1. The van der Waals surface area contributed by atoms with E-state index in [-0.39, 0.29) is 24.4 Å². The van der Waals surface area contributed by atoms with E-state index in [1.54, 1.807) is 18.9 Å². The lowest BCUT2D eigenvalue weighted by atomic mass is 9.96. The molecule has 0 aliphatic rings. The number of carbonyl (C=O) groups is 2. The minimum Gasteiger partial charge on any atom is -0.481 e. The molecule has 122 valence electrons. The Kier molecular flexibility index (Phi) is 7.05. The molecule has 1 amide bonds. The van der Waals surface area contributed by atoms with Crippen LogP contribution in [0.15, 0.2) is 30.3 Å². The molecule has 5 heteroatoms. The molecule has 0 spiro atoms. The Morgan fingerprint density at radius 1 is 1.18 bits per heavy atom. The van der Waals surface area contributed by atoms with Crippen molar-refractivity contribution in [3.8, 4) is 0 Å². The van der Waals surface area contributed by atoms with Gasteiger partial charge in [-0.15, -0.1) is 0 Å². The van der Waals surface area contributed by atoms with E-state index < -0.39 is 11.9 Å². The number of rotatable bonds is 8. The van der Waals surface area contributed by atoms with Crippen molar-refractivity contribution in [2.45, 2.75) is 26.8 Å². The summed E-state index contributed by atoms with van der Waals surface area (Å²) in [5.74, 6) is -1.17. The first-order valence-electron chi connectivity index (χ1n) is 7.57. The van der Waals surface area contributed by atoms with E-state index in [0.717, 1.165) is 5.56 Å². The number of amides is 1. The molecule has 22 heavy (non-hydrogen) atoms. The predicted molar refractivity (Wildman–Crippen MR) is 86.5 cm³/mol.